The van der Waals surface area contributed by atoms with Gasteiger partial charge in [-0.25, -0.2) is 4.79 Å². The number of piperidine rings is 1. The molecule has 0 N–H and O–H groups in total. The number of hydrogen-bond donors (Lipinski definition) is 0. The Morgan fingerprint density at radius 1 is 1.00 bits per heavy atom. The highest BCUT2D eigenvalue weighted by Crippen LogP contribution is 2.50. The number of ether oxygens (including phenoxy) is 2. The van der Waals surface area contributed by atoms with Crippen LogP contribution in [0.15, 0.2) is 24.3 Å². The molecule has 1 aromatic rings. The monoisotopic (exact) mass is 454 g/mol. The fraction of sp³-hybridized carbons (Fsp3) is 0.704. The van der Waals surface area contributed by atoms with E-state index >= 15 is 0 Å². The minimum atomic E-state index is -0.180. The number of rotatable bonds is 8. The smallest absolute Gasteiger partial charge is 0.410 e. The van der Waals surface area contributed by atoms with Crippen molar-refractivity contribution in [2.75, 3.05) is 32.8 Å². The summed E-state index contributed by atoms with van der Waals surface area (Å²) < 4.78 is 11.6. The summed E-state index contributed by atoms with van der Waals surface area (Å²) in [6.45, 7) is 6.27. The van der Waals surface area contributed by atoms with Gasteiger partial charge in [-0.3, -0.25) is 4.79 Å². The molecule has 2 aliphatic heterocycles. The number of likely N-dealkylation sites (tertiary alicyclic amines) is 2. The molecule has 2 saturated carbocycles. The van der Waals surface area contributed by atoms with Gasteiger partial charge in [-0.15, -0.1) is 0 Å². The predicted molar refractivity (Wildman–Crippen MR) is 126 cm³/mol. The maximum absolute atomic E-state index is 12.3. The van der Waals surface area contributed by atoms with Crippen LogP contribution in [0.1, 0.15) is 63.9 Å². The molecule has 0 aromatic heterocycles. The molecule has 0 radical (unpaired) electrons. The zero-order valence-electron chi connectivity index (χ0n) is 20.0. The third-order valence-corrected chi connectivity index (χ3v) is 8.16. The second kappa shape index (κ2) is 9.55. The van der Waals surface area contributed by atoms with Crippen molar-refractivity contribution in [2.45, 2.75) is 70.3 Å². The first-order valence-electron chi connectivity index (χ1n) is 13.0. The molecular weight excluding hydrogens is 416 g/mol. The number of amides is 2. The van der Waals surface area contributed by atoms with Crippen LogP contribution in [0.4, 0.5) is 4.79 Å². The van der Waals surface area contributed by atoms with Gasteiger partial charge in [0.05, 0.1) is 13.0 Å². The van der Waals surface area contributed by atoms with Crippen LogP contribution in [0.25, 0.3) is 0 Å². The van der Waals surface area contributed by atoms with Gasteiger partial charge < -0.3 is 19.3 Å². The lowest BCUT2D eigenvalue weighted by Crippen LogP contribution is -2.40. The first kappa shape index (κ1) is 22.5. The van der Waals surface area contributed by atoms with E-state index in [1.807, 2.05) is 41.0 Å². The van der Waals surface area contributed by atoms with E-state index in [-0.39, 0.29) is 17.6 Å². The van der Waals surface area contributed by atoms with Gasteiger partial charge in [0.15, 0.2) is 0 Å². The molecule has 2 heterocycles. The van der Waals surface area contributed by atoms with E-state index in [9.17, 15) is 9.59 Å². The van der Waals surface area contributed by atoms with Gasteiger partial charge in [0.1, 0.15) is 11.4 Å². The maximum atomic E-state index is 12.3. The van der Waals surface area contributed by atoms with Crippen molar-refractivity contribution in [3.05, 3.63) is 29.8 Å². The Morgan fingerprint density at radius 3 is 2.36 bits per heavy atom. The van der Waals surface area contributed by atoms with E-state index in [0.717, 1.165) is 107 Å². The van der Waals surface area contributed by atoms with Gasteiger partial charge >= 0.3 is 6.09 Å². The summed E-state index contributed by atoms with van der Waals surface area (Å²) in [4.78, 5) is 28.5. The van der Waals surface area contributed by atoms with Gasteiger partial charge in [0.2, 0.25) is 5.91 Å². The molecule has 33 heavy (non-hydrogen) atoms. The highest BCUT2D eigenvalue weighted by atomic mass is 16.6. The second-order valence-corrected chi connectivity index (χ2v) is 10.8. The molecule has 6 heteroatoms. The van der Waals surface area contributed by atoms with E-state index in [1.165, 1.54) is 6.42 Å². The molecule has 2 atom stereocenters. The average molecular weight is 455 g/mol. The van der Waals surface area contributed by atoms with E-state index in [2.05, 4.69) is 0 Å². The van der Waals surface area contributed by atoms with Crippen molar-refractivity contribution in [1.29, 1.82) is 0 Å². The zero-order chi connectivity index (χ0) is 22.8. The molecule has 2 aliphatic carbocycles. The van der Waals surface area contributed by atoms with Crippen LogP contribution in [-0.2, 0) is 16.0 Å². The lowest BCUT2D eigenvalue weighted by atomic mass is 9.91. The third kappa shape index (κ3) is 5.82. The van der Waals surface area contributed by atoms with Gasteiger partial charge in [-0.05, 0) is 93.7 Å². The van der Waals surface area contributed by atoms with Gasteiger partial charge in [0.25, 0.3) is 0 Å². The predicted octanol–water partition coefficient (Wildman–Crippen LogP) is 4.66. The molecule has 4 aliphatic rings. The largest absolute Gasteiger partial charge is 0.494 e. The summed E-state index contributed by atoms with van der Waals surface area (Å²) in [7, 11) is 0. The summed E-state index contributed by atoms with van der Waals surface area (Å²) in [5, 5.41) is 0. The summed E-state index contributed by atoms with van der Waals surface area (Å²) in [5.41, 5.74) is 0.879. The fourth-order valence-corrected chi connectivity index (χ4v) is 5.53. The summed E-state index contributed by atoms with van der Waals surface area (Å²) in [6, 6.07) is 8.03. The molecule has 1 aromatic carbocycles. The standard InChI is InChI=1S/C27H38N2O4/c1-27(11-12-27)33-26(31)29-15-8-21(9-16-29)24-19-22(24)10-17-32-23-6-4-20(5-7-23)18-25(30)28-13-2-3-14-28/h4-7,21-22,24H,2-3,8-19H2,1H3/t22?,24-/m1/s1. The third-order valence-electron chi connectivity index (χ3n) is 8.16. The summed E-state index contributed by atoms with van der Waals surface area (Å²) >= 11 is 0. The first-order valence-corrected chi connectivity index (χ1v) is 13.0. The van der Waals surface area contributed by atoms with Crippen LogP contribution < -0.4 is 4.74 Å². The quantitative estimate of drug-likeness (QED) is 0.573. The Kier molecular flexibility index (Phi) is 6.53. The number of benzene rings is 1. The number of hydrogen-bond acceptors (Lipinski definition) is 4. The number of nitrogens with zero attached hydrogens (tertiary/aromatic N) is 2. The number of carbonyl (C=O) groups excluding carboxylic acids is 2. The molecule has 1 unspecified atom stereocenters. The van der Waals surface area contributed by atoms with Crippen LogP contribution in [0.5, 0.6) is 5.75 Å². The van der Waals surface area contributed by atoms with Gasteiger partial charge in [-0.1, -0.05) is 12.1 Å². The van der Waals surface area contributed by atoms with Crippen molar-refractivity contribution in [1.82, 2.24) is 9.80 Å². The zero-order valence-corrected chi connectivity index (χ0v) is 20.0. The van der Waals surface area contributed by atoms with Crippen molar-refractivity contribution in [3.8, 4) is 5.75 Å². The molecule has 6 nitrogen and oxygen atoms in total. The van der Waals surface area contributed by atoms with Crippen LogP contribution in [0, 0.1) is 17.8 Å². The SMILES string of the molecule is CC1(OC(=O)N2CCC([C@H]3CC3CCOc3ccc(CC(=O)N4CCCC4)cc3)CC2)CC1. The van der Waals surface area contributed by atoms with Crippen molar-refractivity contribution < 1.29 is 19.1 Å². The fourth-order valence-electron chi connectivity index (χ4n) is 5.53. The Labute approximate surface area is 197 Å². The minimum absolute atomic E-state index is 0.111. The second-order valence-electron chi connectivity index (χ2n) is 10.8. The van der Waals surface area contributed by atoms with Gasteiger partial charge in [-0.2, -0.15) is 0 Å². The first-order chi connectivity index (χ1) is 16.0. The van der Waals surface area contributed by atoms with Crippen LogP contribution in [0.3, 0.4) is 0 Å². The minimum Gasteiger partial charge on any atom is -0.494 e. The lowest BCUT2D eigenvalue weighted by Gasteiger charge is -2.32. The normalized spacial score (nSPS) is 26.2. The van der Waals surface area contributed by atoms with E-state index in [1.54, 1.807) is 0 Å². The molecule has 4 fully saturated rings. The Bertz CT molecular complexity index is 836. The molecule has 0 spiro atoms. The highest BCUT2D eigenvalue weighted by molar-refractivity contribution is 5.79. The molecule has 2 amide bonds. The topological polar surface area (TPSA) is 59.1 Å². The molecule has 180 valence electrons. The van der Waals surface area contributed by atoms with E-state index < -0.39 is 0 Å². The van der Waals surface area contributed by atoms with E-state index in [4.69, 9.17) is 9.47 Å². The summed E-state index contributed by atoms with van der Waals surface area (Å²) in [5.74, 6) is 3.42. The Hall–Kier alpha value is -2.24. The number of carbonyl (C=O) groups is 2. The maximum Gasteiger partial charge on any atom is 0.410 e. The van der Waals surface area contributed by atoms with Crippen LogP contribution >= 0.6 is 0 Å². The highest BCUT2D eigenvalue weighted by Gasteiger charge is 2.45. The van der Waals surface area contributed by atoms with Crippen LogP contribution in [-0.4, -0.2) is 60.2 Å². The summed E-state index contributed by atoms with van der Waals surface area (Å²) in [6.07, 6.45) is 9.25. The Balaban J connectivity index is 0.973. The molecule has 5 rings (SSSR count). The van der Waals surface area contributed by atoms with Crippen molar-refractivity contribution in [2.24, 2.45) is 17.8 Å². The molecular formula is C27H38N2O4. The van der Waals surface area contributed by atoms with Crippen molar-refractivity contribution >= 4 is 12.0 Å². The van der Waals surface area contributed by atoms with E-state index in [0.29, 0.717) is 6.42 Å². The molecule has 0 bridgehead atoms. The Morgan fingerprint density at radius 2 is 1.70 bits per heavy atom. The van der Waals surface area contributed by atoms with Crippen molar-refractivity contribution in [3.63, 3.8) is 0 Å². The van der Waals surface area contributed by atoms with Crippen LogP contribution in [0.2, 0.25) is 0 Å². The average Bonchev–Trinajstić information content (AvgIpc) is 3.69. The molecule has 2 saturated heterocycles. The van der Waals surface area contributed by atoms with Gasteiger partial charge in [0, 0.05) is 26.2 Å². The lowest BCUT2D eigenvalue weighted by molar-refractivity contribution is -0.129.